The Morgan fingerprint density at radius 2 is 1.73 bits per heavy atom. The molecule has 3 rings (SSSR count). The van der Waals surface area contributed by atoms with E-state index in [0.29, 0.717) is 13.1 Å². The standard InChI is InChI=1S/C21H20N2O3/c1-2-22-21(26)18-13-23(14-19(24)20(18)25)12-16-10-6-7-11-17(16)15-8-4-3-5-9-15/h3-11,13-14,24H,2,12H2,1H3,(H,22,26). The first-order chi connectivity index (χ1) is 12.6. The fourth-order valence-electron chi connectivity index (χ4n) is 2.88. The molecule has 0 aliphatic rings. The Morgan fingerprint density at radius 1 is 1.04 bits per heavy atom. The normalized spacial score (nSPS) is 10.5. The van der Waals surface area contributed by atoms with Gasteiger partial charge in [0.25, 0.3) is 5.91 Å². The van der Waals surface area contributed by atoms with Crippen LogP contribution in [0.1, 0.15) is 22.8 Å². The van der Waals surface area contributed by atoms with Crippen LogP contribution >= 0.6 is 0 Å². The van der Waals surface area contributed by atoms with Crippen molar-refractivity contribution in [1.82, 2.24) is 9.88 Å². The Morgan fingerprint density at radius 3 is 2.46 bits per heavy atom. The predicted molar refractivity (Wildman–Crippen MR) is 101 cm³/mol. The number of aromatic nitrogens is 1. The van der Waals surface area contributed by atoms with E-state index in [2.05, 4.69) is 5.32 Å². The van der Waals surface area contributed by atoms with Gasteiger partial charge < -0.3 is 15.0 Å². The highest BCUT2D eigenvalue weighted by Gasteiger charge is 2.14. The third-order valence-corrected chi connectivity index (χ3v) is 4.10. The third kappa shape index (κ3) is 3.67. The number of nitrogens with one attached hydrogen (secondary N) is 1. The minimum atomic E-state index is -0.663. The van der Waals surface area contributed by atoms with E-state index in [9.17, 15) is 14.7 Å². The van der Waals surface area contributed by atoms with Crippen LogP contribution in [0.2, 0.25) is 0 Å². The Bertz CT molecular complexity index is 978. The highest BCUT2D eigenvalue weighted by atomic mass is 16.3. The van der Waals surface area contributed by atoms with Gasteiger partial charge in [0.05, 0.1) is 6.20 Å². The molecule has 132 valence electrons. The molecule has 0 unspecified atom stereocenters. The molecule has 0 radical (unpaired) electrons. The first-order valence-electron chi connectivity index (χ1n) is 8.44. The summed E-state index contributed by atoms with van der Waals surface area (Å²) >= 11 is 0. The van der Waals surface area contributed by atoms with Crippen molar-refractivity contribution in [3.8, 4) is 16.9 Å². The molecule has 0 spiro atoms. The number of carbonyl (C=O) groups excluding carboxylic acids is 1. The van der Waals surface area contributed by atoms with Crippen LogP contribution < -0.4 is 10.7 Å². The van der Waals surface area contributed by atoms with Crippen molar-refractivity contribution >= 4 is 5.91 Å². The van der Waals surface area contributed by atoms with Crippen molar-refractivity contribution in [1.29, 1.82) is 0 Å². The van der Waals surface area contributed by atoms with Gasteiger partial charge >= 0.3 is 0 Å². The largest absolute Gasteiger partial charge is 0.503 e. The van der Waals surface area contributed by atoms with E-state index < -0.39 is 17.1 Å². The highest BCUT2D eigenvalue weighted by Crippen LogP contribution is 2.24. The molecule has 1 aromatic heterocycles. The molecular formula is C21H20N2O3. The predicted octanol–water partition coefficient (Wildman–Crippen LogP) is 3.02. The van der Waals surface area contributed by atoms with Gasteiger partial charge in [-0.15, -0.1) is 0 Å². The van der Waals surface area contributed by atoms with Gasteiger partial charge in [-0.2, -0.15) is 0 Å². The van der Waals surface area contributed by atoms with E-state index in [4.69, 9.17) is 0 Å². The zero-order valence-corrected chi connectivity index (χ0v) is 14.5. The van der Waals surface area contributed by atoms with Gasteiger partial charge in [0, 0.05) is 19.3 Å². The van der Waals surface area contributed by atoms with Gasteiger partial charge in [-0.1, -0.05) is 54.6 Å². The summed E-state index contributed by atoms with van der Waals surface area (Å²) in [4.78, 5) is 24.1. The fourth-order valence-corrected chi connectivity index (χ4v) is 2.88. The van der Waals surface area contributed by atoms with Crippen molar-refractivity contribution in [2.24, 2.45) is 0 Å². The minimum absolute atomic E-state index is 0.0657. The fraction of sp³-hybridized carbons (Fsp3) is 0.143. The summed E-state index contributed by atoms with van der Waals surface area (Å²) in [6.07, 6.45) is 2.83. The summed E-state index contributed by atoms with van der Waals surface area (Å²) in [5.74, 6) is -0.926. The maximum atomic E-state index is 12.1. The van der Waals surface area contributed by atoms with Crippen LogP contribution in [-0.2, 0) is 6.54 Å². The zero-order chi connectivity index (χ0) is 18.5. The molecule has 0 atom stereocenters. The molecule has 3 aromatic rings. The second-order valence-electron chi connectivity index (χ2n) is 5.94. The SMILES string of the molecule is CCNC(=O)c1cn(Cc2ccccc2-c2ccccc2)cc(O)c1=O. The number of rotatable bonds is 5. The topological polar surface area (TPSA) is 71.3 Å². The summed E-state index contributed by atoms with van der Waals surface area (Å²) in [7, 11) is 0. The lowest BCUT2D eigenvalue weighted by atomic mass is 9.99. The summed E-state index contributed by atoms with van der Waals surface area (Å²) in [5, 5.41) is 12.5. The lowest BCUT2D eigenvalue weighted by Crippen LogP contribution is -2.29. The second-order valence-corrected chi connectivity index (χ2v) is 5.94. The molecule has 26 heavy (non-hydrogen) atoms. The second kappa shape index (κ2) is 7.70. The van der Waals surface area contributed by atoms with Crippen LogP contribution in [0.25, 0.3) is 11.1 Å². The first-order valence-corrected chi connectivity index (χ1v) is 8.44. The number of benzene rings is 2. The number of nitrogens with zero attached hydrogens (tertiary/aromatic N) is 1. The van der Waals surface area contributed by atoms with Crippen LogP contribution in [0.3, 0.4) is 0 Å². The maximum Gasteiger partial charge on any atom is 0.256 e. The van der Waals surface area contributed by atoms with Crippen LogP contribution in [0.4, 0.5) is 0 Å². The van der Waals surface area contributed by atoms with Gasteiger partial charge in [-0.25, -0.2) is 0 Å². The highest BCUT2D eigenvalue weighted by molar-refractivity contribution is 5.94. The quantitative estimate of drug-likeness (QED) is 0.744. The molecule has 0 bridgehead atoms. The average molecular weight is 348 g/mol. The van der Waals surface area contributed by atoms with Crippen molar-refractivity contribution in [2.75, 3.05) is 6.54 Å². The van der Waals surface area contributed by atoms with E-state index in [0.717, 1.165) is 16.7 Å². The minimum Gasteiger partial charge on any atom is -0.503 e. The van der Waals surface area contributed by atoms with Crippen molar-refractivity contribution in [3.05, 3.63) is 88.3 Å². The number of hydrogen-bond acceptors (Lipinski definition) is 3. The third-order valence-electron chi connectivity index (χ3n) is 4.10. The summed E-state index contributed by atoms with van der Waals surface area (Å²) in [5.41, 5.74) is 2.43. The van der Waals surface area contributed by atoms with Crippen molar-refractivity contribution < 1.29 is 9.90 Å². The summed E-state index contributed by atoms with van der Waals surface area (Å²) in [6.45, 7) is 2.60. The van der Waals surface area contributed by atoms with Crippen LogP contribution in [0.15, 0.2) is 71.8 Å². The van der Waals surface area contributed by atoms with Crippen molar-refractivity contribution in [3.63, 3.8) is 0 Å². The Balaban J connectivity index is 2.00. The van der Waals surface area contributed by atoms with Gasteiger partial charge in [-0.3, -0.25) is 9.59 Å². The van der Waals surface area contributed by atoms with E-state index in [1.54, 1.807) is 11.5 Å². The number of carbonyl (C=O) groups is 1. The van der Waals surface area contributed by atoms with E-state index in [1.165, 1.54) is 12.4 Å². The molecule has 0 fully saturated rings. The monoisotopic (exact) mass is 348 g/mol. The molecule has 2 aromatic carbocycles. The molecule has 0 aliphatic carbocycles. The molecular weight excluding hydrogens is 328 g/mol. The molecule has 5 heteroatoms. The molecule has 5 nitrogen and oxygen atoms in total. The smallest absolute Gasteiger partial charge is 0.256 e. The van der Waals surface area contributed by atoms with Crippen molar-refractivity contribution in [2.45, 2.75) is 13.5 Å². The first kappa shape index (κ1) is 17.5. The lowest BCUT2D eigenvalue weighted by Gasteiger charge is -2.13. The van der Waals surface area contributed by atoms with Gasteiger partial charge in [0.15, 0.2) is 5.75 Å². The molecule has 0 saturated carbocycles. The van der Waals surface area contributed by atoms with E-state index in [1.807, 2.05) is 54.6 Å². The van der Waals surface area contributed by atoms with Crippen LogP contribution in [0.5, 0.6) is 5.75 Å². The Hall–Kier alpha value is -3.34. The van der Waals surface area contributed by atoms with Crippen LogP contribution in [0, 0.1) is 0 Å². The van der Waals surface area contributed by atoms with Gasteiger partial charge in [-0.05, 0) is 23.6 Å². The average Bonchev–Trinajstić information content (AvgIpc) is 2.66. The lowest BCUT2D eigenvalue weighted by molar-refractivity contribution is 0.0953. The molecule has 1 amide bonds. The van der Waals surface area contributed by atoms with Gasteiger partial charge in [0.1, 0.15) is 5.56 Å². The Labute approximate surface area is 151 Å². The molecule has 1 heterocycles. The Kier molecular flexibility index (Phi) is 5.17. The van der Waals surface area contributed by atoms with Gasteiger partial charge in [0.2, 0.25) is 5.43 Å². The number of hydrogen-bond donors (Lipinski definition) is 2. The van der Waals surface area contributed by atoms with E-state index in [-0.39, 0.29) is 5.56 Å². The summed E-state index contributed by atoms with van der Waals surface area (Å²) in [6, 6.07) is 17.9. The number of pyridine rings is 1. The number of amides is 1. The zero-order valence-electron chi connectivity index (χ0n) is 14.5. The van der Waals surface area contributed by atoms with Crippen LogP contribution in [-0.4, -0.2) is 22.1 Å². The molecule has 2 N–H and O–H groups in total. The number of aromatic hydroxyl groups is 1. The summed E-state index contributed by atoms with van der Waals surface area (Å²) < 4.78 is 1.66. The molecule has 0 saturated heterocycles. The van der Waals surface area contributed by atoms with E-state index >= 15 is 0 Å². The molecule has 0 aliphatic heterocycles. The maximum absolute atomic E-state index is 12.1.